The van der Waals surface area contributed by atoms with Gasteiger partial charge in [0.25, 0.3) is 0 Å². The third-order valence-electron chi connectivity index (χ3n) is 4.09. The molecule has 146 valence electrons. The van der Waals surface area contributed by atoms with Crippen LogP contribution in [0.5, 0.6) is 0 Å². The maximum absolute atomic E-state index is 15.1. The normalized spacial score (nSPS) is 11.0. The van der Waals surface area contributed by atoms with E-state index in [2.05, 4.69) is 14.7 Å². The quantitative estimate of drug-likeness (QED) is 0.345. The predicted molar refractivity (Wildman–Crippen MR) is 115 cm³/mol. The van der Waals surface area contributed by atoms with E-state index in [1.165, 1.54) is 18.3 Å². The van der Waals surface area contributed by atoms with Gasteiger partial charge in [0.15, 0.2) is 5.82 Å². The van der Waals surface area contributed by atoms with Gasteiger partial charge < -0.3 is 10.5 Å². The average molecular weight is 449 g/mol. The van der Waals surface area contributed by atoms with Crippen LogP contribution in [0, 0.1) is 11.6 Å². The van der Waals surface area contributed by atoms with Crippen molar-refractivity contribution in [1.82, 2.24) is 9.97 Å². The molecule has 0 radical (unpaired) electrons. The zero-order valence-corrected chi connectivity index (χ0v) is 16.9. The Morgan fingerprint density at radius 3 is 2.48 bits per heavy atom. The fraction of sp³-hybridized carbons (Fsp3) is 0. The number of nitrogens with zero attached hydrogens (tertiary/aromatic N) is 2. The van der Waals surface area contributed by atoms with E-state index in [0.29, 0.717) is 31.4 Å². The van der Waals surface area contributed by atoms with Gasteiger partial charge in [-0.2, -0.15) is 0 Å². The van der Waals surface area contributed by atoms with Crippen molar-refractivity contribution in [2.24, 2.45) is 0 Å². The van der Waals surface area contributed by atoms with Gasteiger partial charge in [-0.05, 0) is 60.0 Å². The predicted octanol–water partition coefficient (Wildman–Crippen LogP) is 6.58. The first-order chi connectivity index (χ1) is 13.9. The monoisotopic (exact) mass is 448 g/mol. The Balaban J connectivity index is 1.69. The number of aromatic nitrogens is 2. The molecule has 0 bridgehead atoms. The van der Waals surface area contributed by atoms with Crippen molar-refractivity contribution in [1.29, 1.82) is 0 Å². The Hall–Kier alpha value is -2.61. The summed E-state index contributed by atoms with van der Waals surface area (Å²) in [5.41, 5.74) is 6.49. The highest BCUT2D eigenvalue weighted by Gasteiger charge is 2.17. The summed E-state index contributed by atoms with van der Waals surface area (Å²) in [6, 6.07) is 12.3. The van der Waals surface area contributed by atoms with Crippen LogP contribution in [0.1, 0.15) is 0 Å². The molecule has 0 saturated carbocycles. The Bertz CT molecular complexity index is 1220. The van der Waals surface area contributed by atoms with Crippen LogP contribution >= 0.6 is 35.1 Å². The molecule has 9 heteroatoms. The van der Waals surface area contributed by atoms with E-state index in [1.54, 1.807) is 36.4 Å². The number of nitrogen functional groups attached to an aromatic ring is 1. The minimum atomic E-state index is -0.721. The van der Waals surface area contributed by atoms with Crippen molar-refractivity contribution in [3.8, 4) is 11.1 Å². The number of hydrogen-bond acceptors (Lipinski definition) is 5. The molecule has 0 spiro atoms. The fourth-order valence-corrected chi connectivity index (χ4v) is 4.21. The largest absolute Gasteiger partial charge is 0.368 e. The standard InChI is InChI=1S/C20H12Cl2F2N4S/c21-12-6-13(22)8-14(7-12)29-28-17-4-2-15(23)18(19(17)24)10-1-3-16-11(5-10)9-26-20(25)27-16/h1-9,28H,(H2,25,26,27). The van der Waals surface area contributed by atoms with Gasteiger partial charge in [0.05, 0.1) is 16.8 Å². The number of benzene rings is 3. The molecule has 29 heavy (non-hydrogen) atoms. The van der Waals surface area contributed by atoms with Crippen LogP contribution in [0.2, 0.25) is 10.0 Å². The van der Waals surface area contributed by atoms with Crippen molar-refractivity contribution < 1.29 is 8.78 Å². The van der Waals surface area contributed by atoms with Crippen LogP contribution in [-0.2, 0) is 0 Å². The number of rotatable bonds is 4. The van der Waals surface area contributed by atoms with Crippen LogP contribution < -0.4 is 10.5 Å². The summed E-state index contributed by atoms with van der Waals surface area (Å²) in [7, 11) is 0. The first-order valence-electron chi connectivity index (χ1n) is 8.30. The lowest BCUT2D eigenvalue weighted by Gasteiger charge is -2.12. The molecule has 0 atom stereocenters. The second kappa shape index (κ2) is 8.02. The van der Waals surface area contributed by atoms with Crippen LogP contribution in [0.15, 0.2) is 59.6 Å². The molecule has 0 amide bonds. The van der Waals surface area contributed by atoms with Crippen LogP contribution in [0.25, 0.3) is 22.0 Å². The molecule has 0 fully saturated rings. The first kappa shape index (κ1) is 19.7. The summed E-state index contributed by atoms with van der Waals surface area (Å²) >= 11 is 13.1. The molecule has 1 heterocycles. The third-order valence-corrected chi connectivity index (χ3v) is 5.32. The van der Waals surface area contributed by atoms with E-state index in [-0.39, 0.29) is 17.2 Å². The van der Waals surface area contributed by atoms with E-state index in [1.807, 2.05) is 0 Å². The molecule has 0 unspecified atom stereocenters. The van der Waals surface area contributed by atoms with Crippen molar-refractivity contribution in [3.05, 3.63) is 76.4 Å². The summed E-state index contributed by atoms with van der Waals surface area (Å²) in [6.45, 7) is 0. The maximum Gasteiger partial charge on any atom is 0.220 e. The van der Waals surface area contributed by atoms with Gasteiger partial charge in [0.2, 0.25) is 5.95 Å². The molecule has 4 nitrogen and oxygen atoms in total. The lowest BCUT2D eigenvalue weighted by atomic mass is 10.0. The van der Waals surface area contributed by atoms with E-state index in [4.69, 9.17) is 28.9 Å². The Labute approximate surface area is 179 Å². The topological polar surface area (TPSA) is 63.8 Å². The van der Waals surface area contributed by atoms with Gasteiger partial charge >= 0.3 is 0 Å². The summed E-state index contributed by atoms with van der Waals surface area (Å²) in [5, 5.41) is 1.54. The van der Waals surface area contributed by atoms with Gasteiger partial charge in [-0.1, -0.05) is 29.3 Å². The zero-order valence-electron chi connectivity index (χ0n) is 14.6. The number of nitrogens with two attached hydrogens (primary N) is 1. The van der Waals surface area contributed by atoms with Gasteiger partial charge in [-0.25, -0.2) is 18.7 Å². The van der Waals surface area contributed by atoms with Gasteiger partial charge in [-0.15, -0.1) is 0 Å². The molecule has 0 aliphatic rings. The molecular formula is C20H12Cl2F2N4S. The van der Waals surface area contributed by atoms with Crippen molar-refractivity contribution >= 4 is 57.7 Å². The molecule has 3 N–H and O–H groups in total. The van der Waals surface area contributed by atoms with E-state index in [9.17, 15) is 4.39 Å². The van der Waals surface area contributed by atoms with Gasteiger partial charge in [-0.3, -0.25) is 0 Å². The Kier molecular flexibility index (Phi) is 5.45. The highest BCUT2D eigenvalue weighted by Crippen LogP contribution is 2.35. The zero-order chi connectivity index (χ0) is 20.5. The average Bonchev–Trinajstić information content (AvgIpc) is 2.67. The maximum atomic E-state index is 15.1. The van der Waals surface area contributed by atoms with Crippen molar-refractivity contribution in [2.45, 2.75) is 4.90 Å². The summed E-state index contributed by atoms with van der Waals surface area (Å²) in [4.78, 5) is 8.70. The summed E-state index contributed by atoms with van der Waals surface area (Å²) in [6.07, 6.45) is 1.51. The fourth-order valence-electron chi connectivity index (χ4n) is 2.80. The van der Waals surface area contributed by atoms with E-state index in [0.717, 1.165) is 11.9 Å². The molecule has 0 saturated heterocycles. The highest BCUT2D eigenvalue weighted by molar-refractivity contribution is 8.00. The van der Waals surface area contributed by atoms with Gasteiger partial charge in [0, 0.05) is 26.5 Å². The molecule has 0 aliphatic heterocycles. The smallest absolute Gasteiger partial charge is 0.220 e. The van der Waals surface area contributed by atoms with Gasteiger partial charge in [0.1, 0.15) is 5.82 Å². The molecule has 1 aromatic heterocycles. The summed E-state index contributed by atoms with van der Waals surface area (Å²) in [5.74, 6) is -1.27. The number of halogens is 4. The molecule has 0 aliphatic carbocycles. The van der Waals surface area contributed by atoms with Crippen LogP contribution in [-0.4, -0.2) is 9.97 Å². The molecular weight excluding hydrogens is 437 g/mol. The van der Waals surface area contributed by atoms with E-state index >= 15 is 4.39 Å². The molecule has 3 aromatic carbocycles. The number of anilines is 2. The minimum absolute atomic E-state index is 0.121. The number of nitrogens with one attached hydrogen (secondary N) is 1. The number of fused-ring (bicyclic) bond motifs is 1. The Morgan fingerprint density at radius 1 is 0.966 bits per heavy atom. The van der Waals surface area contributed by atoms with Crippen molar-refractivity contribution in [3.63, 3.8) is 0 Å². The molecule has 4 rings (SSSR count). The Morgan fingerprint density at radius 2 is 1.72 bits per heavy atom. The van der Waals surface area contributed by atoms with Crippen LogP contribution in [0.4, 0.5) is 20.4 Å². The second-order valence-corrected chi connectivity index (χ2v) is 7.85. The minimum Gasteiger partial charge on any atom is -0.368 e. The van der Waals surface area contributed by atoms with E-state index < -0.39 is 11.6 Å². The lowest BCUT2D eigenvalue weighted by Crippen LogP contribution is -1.98. The first-order valence-corrected chi connectivity index (χ1v) is 9.87. The van der Waals surface area contributed by atoms with Crippen LogP contribution in [0.3, 0.4) is 0 Å². The lowest BCUT2D eigenvalue weighted by molar-refractivity contribution is 0.592. The summed E-state index contributed by atoms with van der Waals surface area (Å²) < 4.78 is 32.5. The second-order valence-electron chi connectivity index (χ2n) is 6.09. The third kappa shape index (κ3) is 4.22. The molecule has 4 aromatic rings. The SMILES string of the molecule is Nc1ncc2cc(-c3c(F)ccc(NSc4cc(Cl)cc(Cl)c4)c3F)ccc2n1. The highest BCUT2D eigenvalue weighted by atomic mass is 35.5. The van der Waals surface area contributed by atoms with Crippen molar-refractivity contribution in [2.75, 3.05) is 10.5 Å². The number of hydrogen-bond donors (Lipinski definition) is 2.